The highest BCUT2D eigenvalue weighted by molar-refractivity contribution is 7.42. The Morgan fingerprint density at radius 1 is 1.11 bits per heavy atom. The predicted molar refractivity (Wildman–Crippen MR) is 75.8 cm³/mol. The topological polar surface area (TPSA) is 47.9 Å². The lowest BCUT2D eigenvalue weighted by atomic mass is 9.62. The van der Waals surface area contributed by atoms with Crippen LogP contribution >= 0.6 is 8.60 Å². The second-order valence-electron chi connectivity index (χ2n) is 6.49. The van der Waals surface area contributed by atoms with Crippen molar-refractivity contribution in [3.63, 3.8) is 0 Å². The molecule has 3 aliphatic rings. The average molecular weight is 290 g/mol. The Balaban J connectivity index is 2.14. The van der Waals surface area contributed by atoms with Crippen molar-refractivity contribution in [2.24, 2.45) is 5.41 Å². The van der Waals surface area contributed by atoms with E-state index in [-0.39, 0.29) is 17.6 Å². The largest absolute Gasteiger partial charge is 0.393 e. The second-order valence-corrected chi connectivity index (χ2v) is 7.56. The van der Waals surface area contributed by atoms with E-state index in [1.54, 1.807) is 0 Å². The Morgan fingerprint density at radius 3 is 2.42 bits per heavy atom. The van der Waals surface area contributed by atoms with E-state index in [1.807, 2.05) is 0 Å². The number of aliphatic hydroxyl groups is 1. The van der Waals surface area contributed by atoms with E-state index >= 15 is 0 Å². The molecule has 3 aliphatic heterocycles. The first-order valence-electron chi connectivity index (χ1n) is 7.33. The minimum absolute atomic E-state index is 0.0462. The van der Waals surface area contributed by atoms with Crippen LogP contribution in [0.5, 0.6) is 0 Å². The van der Waals surface area contributed by atoms with Gasteiger partial charge in [-0.15, -0.1) is 0 Å². The van der Waals surface area contributed by atoms with E-state index in [4.69, 9.17) is 13.6 Å². The fraction of sp³-hybridized carbons (Fsp3) is 1.00. The Labute approximate surface area is 117 Å². The molecule has 4 nitrogen and oxygen atoms in total. The molecule has 0 aromatic heterocycles. The Bertz CT molecular complexity index is 323. The van der Waals surface area contributed by atoms with Crippen LogP contribution in [0.15, 0.2) is 0 Å². The van der Waals surface area contributed by atoms with Gasteiger partial charge in [-0.1, -0.05) is 39.5 Å². The third kappa shape index (κ3) is 2.47. The summed E-state index contributed by atoms with van der Waals surface area (Å²) in [4.78, 5) is 0. The van der Waals surface area contributed by atoms with Crippen molar-refractivity contribution in [2.45, 2.75) is 71.0 Å². The summed E-state index contributed by atoms with van der Waals surface area (Å²) in [5, 5.41) is 9.99. The standard InChI is InChI=1S/C14H27O4P/c1-5-6-7-8-9-14(10-15)13(4)11-16-19(18-14)17-12(13,2)3/h15H,5-11H2,1-4H3. The maximum absolute atomic E-state index is 9.99. The van der Waals surface area contributed by atoms with Crippen LogP contribution in [0.25, 0.3) is 0 Å². The lowest BCUT2D eigenvalue weighted by molar-refractivity contribution is -0.257. The molecule has 3 fully saturated rings. The zero-order valence-electron chi connectivity index (χ0n) is 12.6. The van der Waals surface area contributed by atoms with E-state index < -0.39 is 14.2 Å². The van der Waals surface area contributed by atoms with E-state index in [9.17, 15) is 5.11 Å². The molecular weight excluding hydrogens is 263 g/mol. The highest BCUT2D eigenvalue weighted by Gasteiger charge is 2.67. The Kier molecular flexibility index (Phi) is 4.59. The first-order chi connectivity index (χ1) is 8.91. The molecule has 0 amide bonds. The highest BCUT2D eigenvalue weighted by atomic mass is 31.2. The van der Waals surface area contributed by atoms with Crippen molar-refractivity contribution >= 4 is 8.60 Å². The lowest BCUT2D eigenvalue weighted by Crippen LogP contribution is -2.68. The van der Waals surface area contributed by atoms with Crippen molar-refractivity contribution in [3.8, 4) is 0 Å². The minimum atomic E-state index is -1.30. The number of aliphatic hydroxyl groups excluding tert-OH is 1. The van der Waals surface area contributed by atoms with E-state index in [0.29, 0.717) is 6.61 Å². The average Bonchev–Trinajstić information content (AvgIpc) is 2.36. The van der Waals surface area contributed by atoms with Gasteiger partial charge in [0, 0.05) is 0 Å². The number of hydrogen-bond donors (Lipinski definition) is 1. The molecule has 0 aliphatic carbocycles. The van der Waals surface area contributed by atoms with Crippen LogP contribution in [0.2, 0.25) is 0 Å². The second kappa shape index (κ2) is 5.57. The van der Waals surface area contributed by atoms with Crippen LogP contribution in [0, 0.1) is 5.41 Å². The van der Waals surface area contributed by atoms with Crippen LogP contribution in [-0.2, 0) is 13.6 Å². The van der Waals surface area contributed by atoms with Crippen molar-refractivity contribution in [1.29, 1.82) is 0 Å². The summed E-state index contributed by atoms with van der Waals surface area (Å²) in [5.74, 6) is 0. The number of rotatable bonds is 6. The fourth-order valence-electron chi connectivity index (χ4n) is 3.08. The molecule has 0 aromatic carbocycles. The van der Waals surface area contributed by atoms with Crippen LogP contribution < -0.4 is 0 Å². The van der Waals surface area contributed by atoms with Crippen molar-refractivity contribution < 1.29 is 18.7 Å². The van der Waals surface area contributed by atoms with E-state index in [1.165, 1.54) is 19.3 Å². The molecule has 0 radical (unpaired) electrons. The maximum atomic E-state index is 9.99. The monoisotopic (exact) mass is 290 g/mol. The van der Waals surface area contributed by atoms with Gasteiger partial charge in [-0.25, -0.2) is 0 Å². The molecule has 1 N–H and O–H groups in total. The quantitative estimate of drug-likeness (QED) is 0.597. The van der Waals surface area contributed by atoms with Gasteiger partial charge in [0.1, 0.15) is 5.60 Å². The van der Waals surface area contributed by atoms with Crippen LogP contribution in [0.1, 0.15) is 59.8 Å². The van der Waals surface area contributed by atoms with E-state index in [2.05, 4.69) is 27.7 Å². The van der Waals surface area contributed by atoms with Gasteiger partial charge in [0.15, 0.2) is 0 Å². The molecule has 3 unspecified atom stereocenters. The summed E-state index contributed by atoms with van der Waals surface area (Å²) in [5.41, 5.74) is -1.13. The third-order valence-electron chi connectivity index (χ3n) is 5.03. The fourth-order valence-corrected chi connectivity index (χ4v) is 4.80. The summed E-state index contributed by atoms with van der Waals surface area (Å²) in [6, 6.07) is 0. The normalized spacial score (nSPS) is 40.6. The zero-order chi connectivity index (χ0) is 14.1. The smallest absolute Gasteiger partial charge is 0.333 e. The van der Waals surface area contributed by atoms with Crippen LogP contribution in [0.4, 0.5) is 0 Å². The van der Waals surface area contributed by atoms with Gasteiger partial charge in [0.2, 0.25) is 0 Å². The highest BCUT2D eigenvalue weighted by Crippen LogP contribution is 2.68. The molecular formula is C14H27O4P. The van der Waals surface area contributed by atoms with Gasteiger partial charge < -0.3 is 18.7 Å². The molecule has 3 heterocycles. The zero-order valence-corrected chi connectivity index (χ0v) is 13.5. The molecule has 3 rings (SSSR count). The first-order valence-corrected chi connectivity index (χ1v) is 8.42. The lowest BCUT2D eigenvalue weighted by Gasteiger charge is -2.62. The van der Waals surface area contributed by atoms with Crippen LogP contribution in [-0.4, -0.2) is 29.5 Å². The molecule has 0 aromatic rings. The van der Waals surface area contributed by atoms with Crippen molar-refractivity contribution in [2.75, 3.05) is 13.2 Å². The Morgan fingerprint density at radius 2 is 1.84 bits per heavy atom. The summed E-state index contributed by atoms with van der Waals surface area (Å²) in [6.07, 6.45) is 5.62. The molecule has 0 spiro atoms. The van der Waals surface area contributed by atoms with Gasteiger partial charge in [-0.3, -0.25) is 0 Å². The summed E-state index contributed by atoms with van der Waals surface area (Å²) in [6.45, 7) is 9.16. The van der Waals surface area contributed by atoms with Gasteiger partial charge in [-0.05, 0) is 20.3 Å². The van der Waals surface area contributed by atoms with Gasteiger partial charge >= 0.3 is 8.60 Å². The SMILES string of the molecule is CCCCCCC1(CO)OP2OCC1(C)C(C)(C)O2. The van der Waals surface area contributed by atoms with Crippen molar-refractivity contribution in [3.05, 3.63) is 0 Å². The van der Waals surface area contributed by atoms with Crippen LogP contribution in [0.3, 0.4) is 0 Å². The van der Waals surface area contributed by atoms with Gasteiger partial charge in [0.25, 0.3) is 0 Å². The molecule has 5 heteroatoms. The van der Waals surface area contributed by atoms with E-state index in [0.717, 1.165) is 12.8 Å². The molecule has 0 saturated carbocycles. The summed E-state index contributed by atoms with van der Waals surface area (Å²) in [7, 11) is -1.30. The number of hydrogen-bond acceptors (Lipinski definition) is 4. The van der Waals surface area contributed by atoms with Gasteiger partial charge in [-0.2, -0.15) is 0 Å². The molecule has 112 valence electrons. The van der Waals surface area contributed by atoms with Crippen molar-refractivity contribution in [1.82, 2.24) is 0 Å². The molecule has 2 bridgehead atoms. The molecule has 3 atom stereocenters. The molecule has 19 heavy (non-hydrogen) atoms. The molecule has 3 saturated heterocycles. The number of fused-ring (bicyclic) bond motifs is 3. The first kappa shape index (κ1) is 15.7. The predicted octanol–water partition coefficient (Wildman–Crippen LogP) is 3.78. The Hall–Kier alpha value is 0.270. The number of unbranched alkanes of at least 4 members (excludes halogenated alkanes) is 3. The maximum Gasteiger partial charge on any atom is 0.333 e. The summed E-state index contributed by atoms with van der Waals surface area (Å²) >= 11 is 0. The summed E-state index contributed by atoms with van der Waals surface area (Å²) < 4.78 is 17.5. The minimum Gasteiger partial charge on any atom is -0.393 e. The van der Waals surface area contributed by atoms with Gasteiger partial charge in [0.05, 0.1) is 24.2 Å². The third-order valence-corrected chi connectivity index (χ3v) is 6.48.